The first-order chi connectivity index (χ1) is 37.0. The molecule has 356 valence electrons. The summed E-state index contributed by atoms with van der Waals surface area (Å²) in [6.07, 6.45) is 4.12. The van der Waals surface area contributed by atoms with Gasteiger partial charge in [0.2, 0.25) is 0 Å². The molecule has 10 aromatic carbocycles. The van der Waals surface area contributed by atoms with Crippen molar-refractivity contribution in [1.82, 2.24) is 19.1 Å². The van der Waals surface area contributed by atoms with E-state index >= 15 is 0 Å². The number of nitrogens with zero attached hydrogens (tertiary/aromatic N) is 6. The zero-order chi connectivity index (χ0) is 50.0. The summed E-state index contributed by atoms with van der Waals surface area (Å²) in [7, 11) is -2.43. The number of fused-ring (bicyclic) bond motifs is 8. The molecule has 0 saturated heterocycles. The number of hydrogen-bond donors (Lipinski definition) is 0. The van der Waals surface area contributed by atoms with Crippen LogP contribution in [0.3, 0.4) is 0 Å². The second-order valence-corrected chi connectivity index (χ2v) is 24.1. The van der Waals surface area contributed by atoms with Crippen molar-refractivity contribution in [2.75, 3.05) is 9.80 Å². The smallest absolute Gasteiger partial charge is 0.158 e. The molecule has 0 bridgehead atoms. The van der Waals surface area contributed by atoms with Gasteiger partial charge < -0.3 is 18.9 Å². The highest BCUT2D eigenvalue weighted by Gasteiger charge is 2.31. The first-order valence-corrected chi connectivity index (χ1v) is 28.6. The van der Waals surface area contributed by atoms with Gasteiger partial charge in [0.05, 0.1) is 57.2 Å². The lowest BCUT2D eigenvalue weighted by Gasteiger charge is -2.29. The predicted molar refractivity (Wildman–Crippen MR) is 318 cm³/mol. The van der Waals surface area contributed by atoms with E-state index < -0.39 is 8.07 Å². The maximum atomic E-state index is 5.36. The monoisotopic (exact) mass is 978 g/mol. The van der Waals surface area contributed by atoms with Crippen LogP contribution in [0.4, 0.5) is 34.1 Å². The van der Waals surface area contributed by atoms with Crippen molar-refractivity contribution < 1.29 is 0 Å². The van der Waals surface area contributed by atoms with E-state index in [-0.39, 0.29) is 0 Å². The molecule has 4 aromatic heterocycles. The Morgan fingerprint density at radius 2 is 0.667 bits per heavy atom. The van der Waals surface area contributed by atoms with E-state index in [1.807, 2.05) is 0 Å². The van der Waals surface area contributed by atoms with Crippen LogP contribution < -0.4 is 20.4 Å². The molecule has 0 aliphatic heterocycles. The molecule has 0 atom stereocenters. The highest BCUT2D eigenvalue weighted by Crippen LogP contribution is 2.44. The highest BCUT2D eigenvalue weighted by atomic mass is 28.3. The summed E-state index contributed by atoms with van der Waals surface area (Å²) in [5, 5.41) is 11.7. The van der Waals surface area contributed by atoms with Crippen LogP contribution in [0.2, 0.25) is 13.1 Å². The third-order valence-electron chi connectivity index (χ3n) is 15.2. The summed E-state index contributed by atoms with van der Waals surface area (Å²) in [6.45, 7) is 4.71. The third-order valence-corrected chi connectivity index (χ3v) is 18.3. The molecule has 0 amide bonds. The average Bonchev–Trinajstić information content (AvgIpc) is 3.99. The number of anilines is 6. The fourth-order valence-corrected chi connectivity index (χ4v) is 13.5. The number of benzene rings is 10. The molecule has 75 heavy (non-hydrogen) atoms. The molecule has 0 N–H and O–H groups in total. The van der Waals surface area contributed by atoms with Crippen LogP contribution in [0.15, 0.2) is 267 Å². The molecular formula is C68H50N6Si. The molecule has 7 heteroatoms. The zero-order valence-corrected chi connectivity index (χ0v) is 42.6. The van der Waals surface area contributed by atoms with Gasteiger partial charge in [-0.2, -0.15) is 0 Å². The van der Waals surface area contributed by atoms with Crippen molar-refractivity contribution in [2.45, 2.75) is 13.1 Å². The van der Waals surface area contributed by atoms with E-state index in [4.69, 9.17) is 9.97 Å². The molecule has 0 unspecified atom stereocenters. The molecule has 0 fully saturated rings. The Bertz CT molecular complexity index is 4150. The normalized spacial score (nSPS) is 11.9. The van der Waals surface area contributed by atoms with E-state index in [0.29, 0.717) is 0 Å². The number of rotatable bonds is 10. The molecule has 0 aliphatic rings. The van der Waals surface area contributed by atoms with Crippen molar-refractivity contribution >= 4 is 118 Å². The Labute approximate surface area is 436 Å². The number of pyridine rings is 2. The summed E-state index contributed by atoms with van der Waals surface area (Å²) in [4.78, 5) is 15.5. The Morgan fingerprint density at radius 1 is 0.307 bits per heavy atom. The largest absolute Gasteiger partial charge is 0.309 e. The van der Waals surface area contributed by atoms with Gasteiger partial charge in [-0.05, 0) is 120 Å². The van der Waals surface area contributed by atoms with E-state index in [1.54, 1.807) is 0 Å². The lowest BCUT2D eigenvalue weighted by Crippen LogP contribution is -2.55. The van der Waals surface area contributed by atoms with Crippen LogP contribution in [-0.4, -0.2) is 27.2 Å². The zero-order valence-electron chi connectivity index (χ0n) is 41.6. The van der Waals surface area contributed by atoms with Crippen molar-refractivity contribution in [3.63, 3.8) is 0 Å². The van der Waals surface area contributed by atoms with Crippen molar-refractivity contribution in [3.05, 3.63) is 267 Å². The minimum Gasteiger partial charge on any atom is -0.309 e. The van der Waals surface area contributed by atoms with Gasteiger partial charge in [-0.25, -0.2) is 0 Å². The van der Waals surface area contributed by atoms with E-state index in [1.165, 1.54) is 54.1 Å². The summed E-state index contributed by atoms with van der Waals surface area (Å²) >= 11 is 0. The highest BCUT2D eigenvalue weighted by molar-refractivity contribution is 6.99. The number of para-hydroxylation sites is 4. The first kappa shape index (κ1) is 44.2. The molecule has 0 saturated carbocycles. The lowest BCUT2D eigenvalue weighted by molar-refractivity contribution is 1.18. The van der Waals surface area contributed by atoms with Gasteiger partial charge in [0.25, 0.3) is 0 Å². The molecule has 14 aromatic rings. The fourth-order valence-electron chi connectivity index (χ4n) is 11.5. The van der Waals surface area contributed by atoms with Crippen LogP contribution in [0.25, 0.3) is 76.5 Å². The molecule has 0 aliphatic carbocycles. The summed E-state index contributed by atoms with van der Waals surface area (Å²) < 4.78 is 4.74. The van der Waals surface area contributed by atoms with Gasteiger partial charge >= 0.3 is 0 Å². The molecule has 0 spiro atoms. The lowest BCUT2D eigenvalue weighted by atomic mass is 10.1. The summed E-state index contributed by atoms with van der Waals surface area (Å²) in [5.41, 5.74) is 13.3. The number of aromatic nitrogens is 4. The Kier molecular flexibility index (Phi) is 10.5. The maximum Gasteiger partial charge on any atom is 0.158 e. The van der Waals surface area contributed by atoms with E-state index in [0.717, 1.165) is 67.2 Å². The summed E-state index contributed by atoms with van der Waals surface area (Å²) in [6, 6.07) is 91.8. The summed E-state index contributed by atoms with van der Waals surface area (Å²) in [5.74, 6) is 0. The maximum absolute atomic E-state index is 5.36. The molecular weight excluding hydrogens is 929 g/mol. The van der Waals surface area contributed by atoms with Crippen LogP contribution >= 0.6 is 0 Å². The number of hydrogen-bond acceptors (Lipinski definition) is 4. The quantitative estimate of drug-likeness (QED) is 0.128. The Balaban J connectivity index is 0.854. The topological polar surface area (TPSA) is 42.1 Å². The van der Waals surface area contributed by atoms with Gasteiger partial charge in [-0.1, -0.05) is 159 Å². The van der Waals surface area contributed by atoms with Crippen LogP contribution in [0.5, 0.6) is 0 Å². The average molecular weight is 979 g/mol. The second-order valence-electron chi connectivity index (χ2n) is 19.9. The molecule has 14 rings (SSSR count). The Morgan fingerprint density at radius 3 is 1.09 bits per heavy atom. The van der Waals surface area contributed by atoms with Gasteiger partial charge in [-0.15, -0.1) is 0 Å². The van der Waals surface area contributed by atoms with Crippen LogP contribution in [-0.2, 0) is 0 Å². The first-order valence-electron chi connectivity index (χ1n) is 25.6. The second kappa shape index (κ2) is 17.9. The van der Waals surface area contributed by atoms with Crippen LogP contribution in [0, 0.1) is 0 Å². The molecule has 0 radical (unpaired) electrons. The minimum absolute atomic E-state index is 0.990. The Hall–Kier alpha value is -9.56. The van der Waals surface area contributed by atoms with Gasteiger partial charge in [0.15, 0.2) is 8.07 Å². The van der Waals surface area contributed by atoms with Gasteiger partial charge in [0, 0.05) is 65.7 Å². The SMILES string of the molecule is C[Si](C)(c1ccc(N(c2ccc3c(c2)c2ccccc2n3-c2ccccc2)c2cccc3ccccc23)cn1)c1ccc(N(c2ccc3c(c2)c2ccccc2n3-c2ccccc2)c2cccc3ccccc23)cn1. The van der Waals surface area contributed by atoms with Crippen molar-refractivity contribution in [2.24, 2.45) is 0 Å². The van der Waals surface area contributed by atoms with E-state index in [2.05, 4.69) is 299 Å². The van der Waals surface area contributed by atoms with Gasteiger partial charge in [0.1, 0.15) is 0 Å². The molecule has 4 heterocycles. The van der Waals surface area contributed by atoms with Crippen molar-refractivity contribution in [1.29, 1.82) is 0 Å². The van der Waals surface area contributed by atoms with Crippen LogP contribution in [0.1, 0.15) is 0 Å². The molecule has 6 nitrogen and oxygen atoms in total. The minimum atomic E-state index is -2.43. The predicted octanol–water partition coefficient (Wildman–Crippen LogP) is 16.7. The fraction of sp³-hybridized carbons (Fsp3) is 0.0294. The van der Waals surface area contributed by atoms with Crippen molar-refractivity contribution in [3.8, 4) is 11.4 Å². The van der Waals surface area contributed by atoms with Gasteiger partial charge in [-0.3, -0.25) is 9.97 Å². The van der Waals surface area contributed by atoms with E-state index in [9.17, 15) is 0 Å². The standard InChI is InChI=1S/C68H50N6Si/c1-75(2,67-41-37-53(45-69-67)71(61-33-17-21-47-19-9-11-27-55(47)61)51-35-39-65-59(43-51)57-29-13-15-31-63(57)73(65)49-23-5-3-6-24-49)68-42-38-54(46-70-68)72(62-34-18-22-48-20-10-12-28-56(48)62)52-36-40-66-60(44-52)58-30-14-16-32-64(58)74(66)50-25-7-4-8-26-50/h3-46H,1-2H3. The third kappa shape index (κ3) is 7.38.